The monoisotopic (exact) mass is 298 g/mol. The number of rotatable bonds is 7. The van der Waals surface area contributed by atoms with Gasteiger partial charge in [0.2, 0.25) is 10.0 Å². The van der Waals surface area contributed by atoms with Crippen molar-refractivity contribution in [1.29, 1.82) is 0 Å². The van der Waals surface area contributed by atoms with Crippen LogP contribution in [0.4, 0.5) is 0 Å². The van der Waals surface area contributed by atoms with Crippen molar-refractivity contribution in [3.05, 3.63) is 35.4 Å². The van der Waals surface area contributed by atoms with Crippen LogP contribution in [0.5, 0.6) is 0 Å². The molecule has 1 aromatic rings. The van der Waals surface area contributed by atoms with Gasteiger partial charge in [-0.3, -0.25) is 0 Å². The van der Waals surface area contributed by atoms with Crippen LogP contribution in [0.1, 0.15) is 30.4 Å². The van der Waals surface area contributed by atoms with Crippen LogP contribution >= 0.6 is 0 Å². The first-order valence-electron chi connectivity index (χ1n) is 6.79. The lowest BCUT2D eigenvalue weighted by Gasteiger charge is -2.40. The molecule has 0 radical (unpaired) electrons. The zero-order valence-electron chi connectivity index (χ0n) is 11.8. The highest BCUT2D eigenvalue weighted by molar-refractivity contribution is 7.88. The van der Waals surface area contributed by atoms with Gasteiger partial charge in [0.1, 0.15) is 0 Å². The fraction of sp³-hybridized carbons (Fsp3) is 0.571. The average Bonchev–Trinajstić information content (AvgIpc) is 2.38. The van der Waals surface area contributed by atoms with Gasteiger partial charge in [-0.1, -0.05) is 24.3 Å². The van der Waals surface area contributed by atoms with Gasteiger partial charge in [0.15, 0.2) is 0 Å². The van der Waals surface area contributed by atoms with E-state index in [9.17, 15) is 8.42 Å². The first-order chi connectivity index (χ1) is 9.49. The van der Waals surface area contributed by atoms with Crippen LogP contribution in [0.2, 0.25) is 0 Å². The summed E-state index contributed by atoms with van der Waals surface area (Å²) in [5.41, 5.74) is 6.97. The van der Waals surface area contributed by atoms with Gasteiger partial charge < -0.3 is 10.5 Å². The third kappa shape index (κ3) is 3.79. The molecule has 5 nitrogen and oxygen atoms in total. The minimum Gasteiger partial charge on any atom is -0.377 e. The Labute approximate surface area is 120 Å². The summed E-state index contributed by atoms with van der Waals surface area (Å²) in [6.45, 7) is 0.814. The van der Waals surface area contributed by atoms with Gasteiger partial charge in [0, 0.05) is 20.2 Å². The number of nitrogens with one attached hydrogen (secondary N) is 1. The van der Waals surface area contributed by atoms with Gasteiger partial charge in [-0.25, -0.2) is 13.1 Å². The number of hydrogen-bond acceptors (Lipinski definition) is 4. The van der Waals surface area contributed by atoms with Crippen molar-refractivity contribution < 1.29 is 13.2 Å². The molecule has 1 aromatic carbocycles. The maximum absolute atomic E-state index is 12.1. The molecule has 0 aliphatic heterocycles. The Morgan fingerprint density at radius 3 is 2.30 bits per heavy atom. The molecular formula is C14H22N2O3S. The topological polar surface area (TPSA) is 81.4 Å². The minimum atomic E-state index is -3.33. The fourth-order valence-electron chi connectivity index (χ4n) is 2.31. The highest BCUT2D eigenvalue weighted by Crippen LogP contribution is 2.34. The van der Waals surface area contributed by atoms with E-state index in [2.05, 4.69) is 4.72 Å². The van der Waals surface area contributed by atoms with Crippen molar-refractivity contribution in [3.63, 3.8) is 0 Å². The molecule has 0 aromatic heterocycles. The Morgan fingerprint density at radius 1 is 1.25 bits per heavy atom. The van der Waals surface area contributed by atoms with Crippen molar-refractivity contribution in [2.24, 2.45) is 5.73 Å². The molecule has 0 bridgehead atoms. The fourth-order valence-corrected chi connectivity index (χ4v) is 3.52. The molecule has 0 heterocycles. The van der Waals surface area contributed by atoms with Crippen LogP contribution in [0.15, 0.2) is 24.3 Å². The van der Waals surface area contributed by atoms with E-state index in [4.69, 9.17) is 10.5 Å². The summed E-state index contributed by atoms with van der Waals surface area (Å²) in [6.07, 6.45) is 2.92. The van der Waals surface area contributed by atoms with Gasteiger partial charge in [-0.2, -0.15) is 0 Å². The number of nitrogens with two attached hydrogens (primary N) is 1. The summed E-state index contributed by atoms with van der Waals surface area (Å²) in [4.78, 5) is 0. The average molecular weight is 298 g/mol. The molecule has 0 spiro atoms. The number of methoxy groups -OCH3 is 1. The summed E-state index contributed by atoms with van der Waals surface area (Å²) >= 11 is 0. The standard InChI is InChI=1S/C14H22N2O3S/c1-19-14(7-2-8-14)11-16-20(17,18)10-13-5-3-12(9-15)4-6-13/h3-6,16H,2,7-11,15H2,1H3. The second-order valence-corrected chi connectivity index (χ2v) is 7.15. The van der Waals surface area contributed by atoms with Gasteiger partial charge in [-0.05, 0) is 30.4 Å². The summed E-state index contributed by atoms with van der Waals surface area (Å²) in [5.74, 6) is -0.0162. The Hall–Kier alpha value is -0.950. The molecule has 0 saturated heterocycles. The van der Waals surface area contributed by atoms with Crippen LogP contribution in [-0.2, 0) is 27.1 Å². The van der Waals surface area contributed by atoms with Gasteiger partial charge >= 0.3 is 0 Å². The Balaban J connectivity index is 1.92. The van der Waals surface area contributed by atoms with E-state index in [0.717, 1.165) is 30.4 Å². The van der Waals surface area contributed by atoms with E-state index in [1.54, 1.807) is 19.2 Å². The van der Waals surface area contributed by atoms with E-state index in [0.29, 0.717) is 13.1 Å². The minimum absolute atomic E-state index is 0.0162. The second kappa shape index (κ2) is 6.22. The largest absolute Gasteiger partial charge is 0.377 e. The molecule has 1 fully saturated rings. The first kappa shape index (κ1) is 15.4. The predicted octanol–water partition coefficient (Wildman–Crippen LogP) is 1.13. The lowest BCUT2D eigenvalue weighted by atomic mass is 9.80. The van der Waals surface area contributed by atoms with Crippen LogP contribution in [0, 0.1) is 0 Å². The SMILES string of the molecule is COC1(CNS(=O)(=O)Cc2ccc(CN)cc2)CCC1. The molecule has 0 atom stereocenters. The van der Waals surface area contributed by atoms with Crippen molar-refractivity contribution in [3.8, 4) is 0 Å². The smallest absolute Gasteiger partial charge is 0.215 e. The van der Waals surface area contributed by atoms with Gasteiger partial charge in [0.05, 0.1) is 11.4 Å². The van der Waals surface area contributed by atoms with Crippen LogP contribution < -0.4 is 10.5 Å². The van der Waals surface area contributed by atoms with Crippen molar-refractivity contribution in [1.82, 2.24) is 4.72 Å². The van der Waals surface area contributed by atoms with Crippen LogP contribution in [-0.4, -0.2) is 27.7 Å². The van der Waals surface area contributed by atoms with E-state index >= 15 is 0 Å². The second-order valence-electron chi connectivity index (χ2n) is 5.34. The quantitative estimate of drug-likeness (QED) is 0.791. The Bertz CT molecular complexity index is 531. The Morgan fingerprint density at radius 2 is 1.85 bits per heavy atom. The molecule has 6 heteroatoms. The van der Waals surface area contributed by atoms with Gasteiger partial charge in [0.25, 0.3) is 0 Å². The van der Waals surface area contributed by atoms with Crippen molar-refractivity contribution in [2.75, 3.05) is 13.7 Å². The third-order valence-electron chi connectivity index (χ3n) is 3.93. The molecule has 0 amide bonds. The molecule has 1 saturated carbocycles. The zero-order valence-corrected chi connectivity index (χ0v) is 12.6. The number of hydrogen-bond donors (Lipinski definition) is 2. The Kier molecular flexibility index (Phi) is 4.80. The number of ether oxygens (including phenoxy) is 1. The highest BCUT2D eigenvalue weighted by Gasteiger charge is 2.37. The molecule has 3 N–H and O–H groups in total. The zero-order chi connectivity index (χ0) is 14.6. The van der Waals surface area contributed by atoms with E-state index < -0.39 is 10.0 Å². The molecule has 2 rings (SSSR count). The lowest BCUT2D eigenvalue weighted by Crippen LogP contribution is -2.49. The maximum atomic E-state index is 12.1. The summed E-state index contributed by atoms with van der Waals surface area (Å²) in [5, 5.41) is 0. The third-order valence-corrected chi connectivity index (χ3v) is 5.22. The predicted molar refractivity (Wildman–Crippen MR) is 78.6 cm³/mol. The molecule has 112 valence electrons. The maximum Gasteiger partial charge on any atom is 0.215 e. The van der Waals surface area contributed by atoms with E-state index in [-0.39, 0.29) is 11.4 Å². The summed E-state index contributed by atoms with van der Waals surface area (Å²) in [7, 11) is -1.70. The first-order valence-corrected chi connectivity index (χ1v) is 8.44. The number of benzene rings is 1. The van der Waals surface area contributed by atoms with E-state index in [1.807, 2.05) is 12.1 Å². The normalized spacial score (nSPS) is 17.7. The van der Waals surface area contributed by atoms with Gasteiger partial charge in [-0.15, -0.1) is 0 Å². The molecular weight excluding hydrogens is 276 g/mol. The summed E-state index contributed by atoms with van der Waals surface area (Å²) in [6, 6.07) is 7.31. The van der Waals surface area contributed by atoms with Crippen molar-refractivity contribution >= 4 is 10.0 Å². The lowest BCUT2D eigenvalue weighted by molar-refractivity contribution is -0.0659. The van der Waals surface area contributed by atoms with Crippen LogP contribution in [0.25, 0.3) is 0 Å². The molecule has 20 heavy (non-hydrogen) atoms. The van der Waals surface area contributed by atoms with E-state index in [1.165, 1.54) is 0 Å². The number of sulfonamides is 1. The molecule has 1 aliphatic rings. The highest BCUT2D eigenvalue weighted by atomic mass is 32.2. The van der Waals surface area contributed by atoms with Crippen LogP contribution in [0.3, 0.4) is 0 Å². The molecule has 0 unspecified atom stereocenters. The van der Waals surface area contributed by atoms with Crippen molar-refractivity contribution in [2.45, 2.75) is 37.2 Å². The summed E-state index contributed by atoms with van der Waals surface area (Å²) < 4.78 is 32.2. The molecule has 1 aliphatic carbocycles.